The van der Waals surface area contributed by atoms with Crippen LogP contribution in [-0.4, -0.2) is 42.1 Å². The molecule has 2 aliphatic rings. The van der Waals surface area contributed by atoms with E-state index in [1.54, 1.807) is 6.07 Å². The molecule has 1 aliphatic carbocycles. The lowest BCUT2D eigenvalue weighted by Gasteiger charge is -2.31. The van der Waals surface area contributed by atoms with Crippen molar-refractivity contribution < 1.29 is 17.9 Å². The number of hydrogen-bond donors (Lipinski definition) is 1. The van der Waals surface area contributed by atoms with Crippen molar-refractivity contribution in [2.24, 2.45) is 0 Å². The van der Waals surface area contributed by atoms with Crippen LogP contribution in [0, 0.1) is 17.5 Å². The maximum Gasteiger partial charge on any atom is 0.316 e. The third kappa shape index (κ3) is 3.95. The van der Waals surface area contributed by atoms with Crippen molar-refractivity contribution in [3.05, 3.63) is 81.5 Å². The lowest BCUT2D eigenvalue weighted by atomic mass is 10.1. The molecule has 2 heterocycles. The number of anilines is 1. The van der Waals surface area contributed by atoms with Gasteiger partial charge < -0.3 is 15.0 Å². The number of aromatic nitrogens is 2. The van der Waals surface area contributed by atoms with E-state index in [9.17, 15) is 18.0 Å². The summed E-state index contributed by atoms with van der Waals surface area (Å²) in [6.45, 7) is 2.80. The third-order valence-electron chi connectivity index (χ3n) is 5.81. The van der Waals surface area contributed by atoms with Crippen LogP contribution < -0.4 is 20.5 Å². The van der Waals surface area contributed by atoms with E-state index < -0.39 is 17.2 Å². The molecule has 0 spiro atoms. The van der Waals surface area contributed by atoms with Crippen LogP contribution in [0.5, 0.6) is 5.75 Å². The molecule has 9 heteroatoms. The van der Waals surface area contributed by atoms with Gasteiger partial charge in [0.25, 0.3) is 0 Å². The highest BCUT2D eigenvalue weighted by Gasteiger charge is 2.28. The standard InChI is InChI=1S/C23H21F3N4O2/c24-16-2-1-14-8-20(9-15(14)7-16)32-22-21(29-5-3-27-4-6-29)13-28-30(23(22)31)19-11-17(25)10-18(26)12-19/h1-2,7,10-13,20,27H,3-6,8-9H2. The van der Waals surface area contributed by atoms with Gasteiger partial charge in [-0.25, -0.2) is 13.2 Å². The van der Waals surface area contributed by atoms with Gasteiger partial charge in [-0.1, -0.05) is 6.07 Å². The second-order valence-corrected chi connectivity index (χ2v) is 8.00. The van der Waals surface area contributed by atoms with Gasteiger partial charge in [0.2, 0.25) is 5.75 Å². The molecule has 1 N–H and O–H groups in total. The smallest absolute Gasteiger partial charge is 0.316 e. The van der Waals surface area contributed by atoms with Crippen molar-refractivity contribution in [3.63, 3.8) is 0 Å². The van der Waals surface area contributed by atoms with E-state index in [0.29, 0.717) is 31.6 Å². The van der Waals surface area contributed by atoms with Crippen LogP contribution >= 0.6 is 0 Å². The van der Waals surface area contributed by atoms with Crippen molar-refractivity contribution in [3.8, 4) is 11.4 Å². The van der Waals surface area contributed by atoms with Crippen molar-refractivity contribution in [1.29, 1.82) is 0 Å². The Bertz CT molecular complexity index is 1200. The Kier molecular flexibility index (Phi) is 5.34. The number of nitrogens with zero attached hydrogens (tertiary/aromatic N) is 3. The molecule has 166 valence electrons. The Balaban J connectivity index is 1.54. The molecule has 0 saturated carbocycles. The maximum absolute atomic E-state index is 13.8. The molecule has 0 amide bonds. The average Bonchev–Trinajstić information content (AvgIpc) is 3.16. The SMILES string of the molecule is O=c1c(OC2Cc3ccc(F)cc3C2)c(N2CCNCC2)cnn1-c1cc(F)cc(F)c1. The fourth-order valence-corrected chi connectivity index (χ4v) is 4.31. The minimum Gasteiger partial charge on any atom is -0.482 e. The van der Waals surface area contributed by atoms with Gasteiger partial charge in [-0.3, -0.25) is 4.79 Å². The molecule has 2 aromatic carbocycles. The number of ether oxygens (including phenoxy) is 1. The van der Waals surface area contributed by atoms with Gasteiger partial charge in [-0.2, -0.15) is 9.78 Å². The second-order valence-electron chi connectivity index (χ2n) is 8.00. The van der Waals surface area contributed by atoms with Gasteiger partial charge in [0.15, 0.2) is 0 Å². The van der Waals surface area contributed by atoms with E-state index in [0.717, 1.165) is 47.1 Å². The fourth-order valence-electron chi connectivity index (χ4n) is 4.31. The summed E-state index contributed by atoms with van der Waals surface area (Å²) in [4.78, 5) is 15.4. The number of rotatable bonds is 4. The first-order chi connectivity index (χ1) is 15.5. The summed E-state index contributed by atoms with van der Waals surface area (Å²) in [5, 5.41) is 7.42. The molecule has 6 nitrogen and oxygen atoms in total. The van der Waals surface area contributed by atoms with Gasteiger partial charge in [0.05, 0.1) is 11.9 Å². The van der Waals surface area contributed by atoms with E-state index in [1.165, 1.54) is 18.3 Å². The summed E-state index contributed by atoms with van der Waals surface area (Å²) in [5.41, 5.74) is 1.72. The van der Waals surface area contributed by atoms with Crippen molar-refractivity contribution in [2.75, 3.05) is 31.1 Å². The van der Waals surface area contributed by atoms with Crippen molar-refractivity contribution in [1.82, 2.24) is 15.1 Å². The van der Waals surface area contributed by atoms with Gasteiger partial charge in [-0.15, -0.1) is 0 Å². The van der Waals surface area contributed by atoms with E-state index in [4.69, 9.17) is 4.74 Å². The molecule has 1 saturated heterocycles. The zero-order valence-electron chi connectivity index (χ0n) is 17.2. The van der Waals surface area contributed by atoms with Gasteiger partial charge in [-0.05, 0) is 35.4 Å². The molecule has 1 aromatic heterocycles. The molecule has 1 atom stereocenters. The predicted molar refractivity (Wildman–Crippen MR) is 113 cm³/mol. The van der Waals surface area contributed by atoms with Crippen LogP contribution in [0.3, 0.4) is 0 Å². The highest BCUT2D eigenvalue weighted by Crippen LogP contribution is 2.30. The maximum atomic E-state index is 13.8. The summed E-state index contributed by atoms with van der Waals surface area (Å²) in [5.74, 6) is -1.86. The van der Waals surface area contributed by atoms with E-state index >= 15 is 0 Å². The first-order valence-corrected chi connectivity index (χ1v) is 10.5. The first-order valence-electron chi connectivity index (χ1n) is 10.5. The number of benzene rings is 2. The summed E-state index contributed by atoms with van der Waals surface area (Å²) in [7, 11) is 0. The van der Waals surface area contributed by atoms with Gasteiger partial charge in [0.1, 0.15) is 29.2 Å². The summed E-state index contributed by atoms with van der Waals surface area (Å²) >= 11 is 0. The zero-order chi connectivity index (χ0) is 22.2. The highest BCUT2D eigenvalue weighted by atomic mass is 19.1. The Morgan fingerprint density at radius 1 is 0.938 bits per heavy atom. The van der Waals surface area contributed by atoms with Crippen LogP contribution in [0.25, 0.3) is 5.69 Å². The number of nitrogens with one attached hydrogen (secondary N) is 1. The van der Waals surface area contributed by atoms with Crippen molar-refractivity contribution in [2.45, 2.75) is 18.9 Å². The Morgan fingerprint density at radius 2 is 1.66 bits per heavy atom. The van der Waals surface area contributed by atoms with E-state index in [-0.39, 0.29) is 23.4 Å². The average molecular weight is 442 g/mol. The second kappa shape index (κ2) is 8.31. The molecule has 0 bridgehead atoms. The molecule has 1 unspecified atom stereocenters. The van der Waals surface area contributed by atoms with Crippen LogP contribution in [-0.2, 0) is 12.8 Å². The topological polar surface area (TPSA) is 59.4 Å². The molecule has 1 aliphatic heterocycles. The number of halogens is 3. The Labute approximate surface area is 182 Å². The summed E-state index contributed by atoms with van der Waals surface area (Å²) in [6.07, 6.45) is 2.13. The first kappa shape index (κ1) is 20.6. The van der Waals surface area contributed by atoms with Crippen LogP contribution in [0.4, 0.5) is 18.9 Å². The molecule has 5 rings (SSSR count). The summed E-state index contributed by atoms with van der Waals surface area (Å²) < 4.78 is 48.3. The van der Waals surface area contributed by atoms with E-state index in [2.05, 4.69) is 10.4 Å². The molecular formula is C23H21F3N4O2. The Hall–Kier alpha value is -3.33. The normalized spacial score (nSPS) is 18.0. The van der Waals surface area contributed by atoms with Crippen molar-refractivity contribution >= 4 is 5.69 Å². The van der Waals surface area contributed by atoms with Crippen LogP contribution in [0.2, 0.25) is 0 Å². The summed E-state index contributed by atoms with van der Waals surface area (Å²) in [6, 6.07) is 7.43. The van der Waals surface area contributed by atoms with Gasteiger partial charge in [0, 0.05) is 45.1 Å². The largest absolute Gasteiger partial charge is 0.482 e. The number of hydrogen-bond acceptors (Lipinski definition) is 5. The number of piperazine rings is 1. The quantitative estimate of drug-likeness (QED) is 0.673. The van der Waals surface area contributed by atoms with Crippen LogP contribution in [0.15, 0.2) is 47.4 Å². The van der Waals surface area contributed by atoms with Gasteiger partial charge >= 0.3 is 5.56 Å². The monoisotopic (exact) mass is 442 g/mol. The molecule has 3 aromatic rings. The zero-order valence-corrected chi connectivity index (χ0v) is 17.2. The van der Waals surface area contributed by atoms with E-state index in [1.807, 2.05) is 4.90 Å². The van der Waals surface area contributed by atoms with Crippen LogP contribution in [0.1, 0.15) is 11.1 Å². The lowest BCUT2D eigenvalue weighted by Crippen LogP contribution is -2.44. The molecule has 1 fully saturated rings. The fraction of sp³-hybridized carbons (Fsp3) is 0.304. The highest BCUT2D eigenvalue weighted by molar-refractivity contribution is 5.57. The lowest BCUT2D eigenvalue weighted by molar-refractivity contribution is 0.209. The Morgan fingerprint density at radius 3 is 2.41 bits per heavy atom. The predicted octanol–water partition coefficient (Wildman–Crippen LogP) is 2.61. The minimum atomic E-state index is -0.810. The minimum absolute atomic E-state index is 0.0269. The molecule has 32 heavy (non-hydrogen) atoms. The molecular weight excluding hydrogens is 421 g/mol. The number of fused-ring (bicyclic) bond motifs is 1. The third-order valence-corrected chi connectivity index (χ3v) is 5.81. The molecule has 0 radical (unpaired) electrons.